The van der Waals surface area contributed by atoms with Gasteiger partial charge in [-0.3, -0.25) is 9.48 Å². The van der Waals surface area contributed by atoms with E-state index in [2.05, 4.69) is 10.2 Å². The molecule has 0 spiro atoms. The molecule has 28 heavy (non-hydrogen) atoms. The number of hydrogen-bond donors (Lipinski definition) is 2. The highest BCUT2D eigenvalue weighted by molar-refractivity contribution is 5.83. The summed E-state index contributed by atoms with van der Waals surface area (Å²) in [5.74, 6) is 0.792. The number of nitrogens with two attached hydrogens (primary N) is 1. The van der Waals surface area contributed by atoms with Crippen LogP contribution >= 0.6 is 0 Å². The molecule has 3 N–H and O–H groups in total. The van der Waals surface area contributed by atoms with Gasteiger partial charge in [-0.2, -0.15) is 9.78 Å². The molecule has 2 saturated carbocycles. The number of nitrogens with zero attached hydrogens (tertiary/aromatic N) is 5. The topological polar surface area (TPSA) is 142 Å². The van der Waals surface area contributed by atoms with Crippen LogP contribution in [0.1, 0.15) is 60.3 Å². The first-order chi connectivity index (χ1) is 13.3. The van der Waals surface area contributed by atoms with Gasteiger partial charge in [0.2, 0.25) is 0 Å². The van der Waals surface area contributed by atoms with Gasteiger partial charge >= 0.3 is 5.82 Å². The standard InChI is InChI=1S/C18H24N6O4/c1-3-23-14(6-15(20-23)24(27)28)18(26)7-11-4-10(5-12(11)8-18)16-13(9-25)17(19)22(2)21-16/h6,9-12,26H,3-5,7-8,19H2,1-2H3. The van der Waals surface area contributed by atoms with Gasteiger partial charge in [-0.05, 0) is 49.4 Å². The number of aromatic nitrogens is 4. The van der Waals surface area contributed by atoms with Crippen molar-refractivity contribution in [3.63, 3.8) is 0 Å². The van der Waals surface area contributed by atoms with E-state index in [9.17, 15) is 20.0 Å². The van der Waals surface area contributed by atoms with Crippen LogP contribution in [0.2, 0.25) is 0 Å². The quantitative estimate of drug-likeness (QED) is 0.451. The maximum Gasteiger partial charge on any atom is 0.390 e. The van der Waals surface area contributed by atoms with Crippen molar-refractivity contribution >= 4 is 17.9 Å². The minimum Gasteiger partial charge on any atom is -0.383 e. The first-order valence-electron chi connectivity index (χ1n) is 9.50. The highest BCUT2D eigenvalue weighted by Gasteiger charge is 2.52. The number of aryl methyl sites for hydroxylation is 2. The fourth-order valence-corrected chi connectivity index (χ4v) is 5.20. The Kier molecular flexibility index (Phi) is 4.25. The fourth-order valence-electron chi connectivity index (χ4n) is 5.20. The van der Waals surface area contributed by atoms with Gasteiger partial charge in [-0.15, -0.1) is 0 Å². The Morgan fingerprint density at radius 1 is 1.39 bits per heavy atom. The Bertz CT molecular complexity index is 934. The third-order valence-electron chi connectivity index (χ3n) is 6.43. The van der Waals surface area contributed by atoms with E-state index in [1.165, 1.54) is 15.4 Å². The molecule has 0 aliphatic heterocycles. The third kappa shape index (κ3) is 2.70. The average Bonchev–Trinajstić information content (AvgIpc) is 3.36. The molecular formula is C18H24N6O4. The number of fused-ring (bicyclic) bond motifs is 1. The Labute approximate surface area is 161 Å². The van der Waals surface area contributed by atoms with Crippen LogP contribution in [-0.4, -0.2) is 35.9 Å². The number of aliphatic hydroxyl groups is 1. The van der Waals surface area contributed by atoms with Crippen LogP contribution in [0.15, 0.2) is 6.07 Å². The number of nitrogen functional groups attached to an aromatic ring is 1. The molecule has 2 atom stereocenters. The summed E-state index contributed by atoms with van der Waals surface area (Å²) in [6.45, 7) is 2.31. The van der Waals surface area contributed by atoms with Gasteiger partial charge < -0.3 is 21.0 Å². The second kappa shape index (κ2) is 6.40. The van der Waals surface area contributed by atoms with Crippen molar-refractivity contribution in [3.05, 3.63) is 33.1 Å². The van der Waals surface area contributed by atoms with Crippen molar-refractivity contribution in [3.8, 4) is 0 Å². The molecule has 0 amide bonds. The number of aldehydes is 1. The lowest BCUT2D eigenvalue weighted by Gasteiger charge is -2.24. The third-order valence-corrected chi connectivity index (χ3v) is 6.43. The van der Waals surface area contributed by atoms with E-state index >= 15 is 0 Å². The zero-order chi connectivity index (χ0) is 20.2. The van der Waals surface area contributed by atoms with Crippen molar-refractivity contribution in [1.29, 1.82) is 0 Å². The molecule has 0 saturated heterocycles. The van der Waals surface area contributed by atoms with Crippen molar-refractivity contribution in [2.75, 3.05) is 5.73 Å². The van der Waals surface area contributed by atoms with E-state index in [0.717, 1.165) is 24.8 Å². The first-order valence-corrected chi connectivity index (χ1v) is 9.50. The number of carbonyl (C=O) groups is 1. The predicted octanol–water partition coefficient (Wildman–Crippen LogP) is 1.73. The molecule has 4 rings (SSSR count). The fraction of sp³-hybridized carbons (Fsp3) is 0.611. The summed E-state index contributed by atoms with van der Waals surface area (Å²) in [5.41, 5.74) is 6.54. The summed E-state index contributed by atoms with van der Waals surface area (Å²) in [7, 11) is 1.72. The van der Waals surface area contributed by atoms with Crippen LogP contribution in [0.4, 0.5) is 11.6 Å². The largest absolute Gasteiger partial charge is 0.390 e. The molecule has 2 heterocycles. The van der Waals surface area contributed by atoms with Gasteiger partial charge in [0.15, 0.2) is 6.29 Å². The molecule has 150 valence electrons. The van der Waals surface area contributed by atoms with Gasteiger partial charge in [0.05, 0.1) is 34.7 Å². The lowest BCUT2D eigenvalue weighted by atomic mass is 9.90. The summed E-state index contributed by atoms with van der Waals surface area (Å²) < 4.78 is 3.06. The van der Waals surface area contributed by atoms with Gasteiger partial charge in [0.1, 0.15) is 11.4 Å². The Morgan fingerprint density at radius 2 is 2.04 bits per heavy atom. The second-order valence-corrected chi connectivity index (χ2v) is 8.01. The van der Waals surface area contributed by atoms with Gasteiger partial charge in [0.25, 0.3) is 0 Å². The molecule has 2 aliphatic rings. The molecular weight excluding hydrogens is 364 g/mol. The van der Waals surface area contributed by atoms with E-state index in [0.29, 0.717) is 36.5 Å². The summed E-state index contributed by atoms with van der Waals surface area (Å²) in [5, 5.41) is 30.8. The van der Waals surface area contributed by atoms with Gasteiger partial charge in [0, 0.05) is 13.0 Å². The van der Waals surface area contributed by atoms with E-state index in [1.807, 2.05) is 6.92 Å². The molecule has 0 bridgehead atoms. The maximum absolute atomic E-state index is 11.4. The summed E-state index contributed by atoms with van der Waals surface area (Å²) >= 11 is 0. The summed E-state index contributed by atoms with van der Waals surface area (Å²) in [6, 6.07) is 1.39. The molecule has 2 unspecified atom stereocenters. The van der Waals surface area contributed by atoms with Crippen molar-refractivity contribution in [2.45, 2.75) is 50.7 Å². The van der Waals surface area contributed by atoms with Crippen LogP contribution < -0.4 is 5.73 Å². The normalized spacial score (nSPS) is 29.2. The van der Waals surface area contributed by atoms with E-state index in [4.69, 9.17) is 5.73 Å². The minimum atomic E-state index is -1.12. The highest BCUT2D eigenvalue weighted by atomic mass is 16.6. The van der Waals surface area contributed by atoms with E-state index in [-0.39, 0.29) is 23.6 Å². The van der Waals surface area contributed by atoms with Crippen molar-refractivity contribution in [2.24, 2.45) is 18.9 Å². The molecule has 0 radical (unpaired) electrons. The molecule has 2 fully saturated rings. The Morgan fingerprint density at radius 3 is 2.57 bits per heavy atom. The van der Waals surface area contributed by atoms with Crippen LogP contribution in [0.3, 0.4) is 0 Å². The van der Waals surface area contributed by atoms with Gasteiger partial charge in [-0.25, -0.2) is 0 Å². The zero-order valence-electron chi connectivity index (χ0n) is 15.9. The summed E-state index contributed by atoms with van der Waals surface area (Å²) in [4.78, 5) is 22.0. The monoisotopic (exact) mass is 388 g/mol. The van der Waals surface area contributed by atoms with E-state index < -0.39 is 10.5 Å². The smallest absolute Gasteiger partial charge is 0.383 e. The van der Waals surface area contributed by atoms with Crippen LogP contribution in [-0.2, 0) is 19.2 Å². The highest BCUT2D eigenvalue weighted by Crippen LogP contribution is 2.57. The molecule has 2 aromatic rings. The van der Waals surface area contributed by atoms with Crippen molar-refractivity contribution in [1.82, 2.24) is 19.6 Å². The zero-order valence-corrected chi connectivity index (χ0v) is 15.9. The SMILES string of the molecule is CCn1nc([N+](=O)[O-])cc1C1(O)CC2CC(c3nn(C)c(N)c3C=O)CC2C1. The molecule has 10 nitrogen and oxygen atoms in total. The lowest BCUT2D eigenvalue weighted by molar-refractivity contribution is -0.389. The molecule has 2 aliphatic carbocycles. The number of carbonyl (C=O) groups excluding carboxylic acids is 1. The molecule has 0 aromatic carbocycles. The molecule has 2 aromatic heterocycles. The van der Waals surface area contributed by atoms with Crippen LogP contribution in [0.5, 0.6) is 0 Å². The number of nitro groups is 1. The van der Waals surface area contributed by atoms with E-state index in [1.54, 1.807) is 7.05 Å². The summed E-state index contributed by atoms with van der Waals surface area (Å²) in [6.07, 6.45) is 3.44. The first kappa shape index (κ1) is 18.6. The van der Waals surface area contributed by atoms with Crippen LogP contribution in [0, 0.1) is 22.0 Å². The number of anilines is 1. The van der Waals surface area contributed by atoms with Crippen molar-refractivity contribution < 1.29 is 14.8 Å². The number of rotatable bonds is 5. The molecule has 10 heteroatoms. The lowest BCUT2D eigenvalue weighted by Crippen LogP contribution is -2.27. The maximum atomic E-state index is 11.4. The predicted molar refractivity (Wildman–Crippen MR) is 99.6 cm³/mol. The number of hydrogen-bond acceptors (Lipinski definition) is 7. The van der Waals surface area contributed by atoms with Crippen LogP contribution in [0.25, 0.3) is 0 Å². The van der Waals surface area contributed by atoms with Gasteiger partial charge in [-0.1, -0.05) is 0 Å². The average molecular weight is 388 g/mol. The Hall–Kier alpha value is -2.75. The minimum absolute atomic E-state index is 0.133. The second-order valence-electron chi connectivity index (χ2n) is 8.01. The Balaban J connectivity index is 1.57.